The van der Waals surface area contributed by atoms with E-state index in [4.69, 9.17) is 17.3 Å². The van der Waals surface area contributed by atoms with Gasteiger partial charge in [-0.2, -0.15) is 0 Å². The van der Waals surface area contributed by atoms with Crippen molar-refractivity contribution in [1.29, 1.82) is 0 Å². The molecule has 4 N–H and O–H groups in total. The Kier molecular flexibility index (Phi) is 9.80. The Labute approximate surface area is 134 Å². The zero-order valence-electron chi connectivity index (χ0n) is 10.2. The Bertz CT molecular complexity index is 373. The van der Waals surface area contributed by atoms with Gasteiger partial charge in [-0.05, 0) is 18.6 Å². The smallest absolute Gasteiger partial charge is 0.188 e. The average molecular weight is 404 g/mol. The fourth-order valence-corrected chi connectivity index (χ4v) is 2.27. The third kappa shape index (κ3) is 6.77. The molecule has 1 rings (SSSR count). The van der Waals surface area contributed by atoms with Crippen molar-refractivity contribution in [3.63, 3.8) is 0 Å². The second-order valence-electron chi connectivity index (χ2n) is 3.66. The Morgan fingerprint density at radius 2 is 2.33 bits per heavy atom. The lowest BCUT2D eigenvalue weighted by molar-refractivity contribution is 0.191. The number of nitrogens with one attached hydrogen (secondary N) is 1. The number of hydrogen-bond donors (Lipinski definition) is 3. The van der Waals surface area contributed by atoms with Crippen LogP contribution in [-0.4, -0.2) is 24.2 Å². The van der Waals surface area contributed by atoms with Gasteiger partial charge in [0.1, 0.15) is 6.10 Å². The van der Waals surface area contributed by atoms with Crippen LogP contribution in [0.3, 0.4) is 0 Å². The molecule has 1 aromatic heterocycles. The van der Waals surface area contributed by atoms with Crippen LogP contribution in [0.1, 0.15) is 30.7 Å². The van der Waals surface area contributed by atoms with Gasteiger partial charge in [0.15, 0.2) is 5.96 Å². The molecule has 4 nitrogen and oxygen atoms in total. The topological polar surface area (TPSA) is 70.6 Å². The number of aliphatic hydroxyl groups is 1. The Balaban J connectivity index is 0.00000289. The highest BCUT2D eigenvalue weighted by molar-refractivity contribution is 14.0. The van der Waals surface area contributed by atoms with Gasteiger partial charge in [-0.25, -0.2) is 0 Å². The molecular weight excluding hydrogens is 385 g/mol. The number of halogens is 2. The summed E-state index contributed by atoms with van der Waals surface area (Å²) in [5.41, 5.74) is 5.65. The van der Waals surface area contributed by atoms with E-state index in [1.165, 1.54) is 11.3 Å². The molecule has 1 atom stereocenters. The number of guanidine groups is 1. The van der Waals surface area contributed by atoms with Gasteiger partial charge in [0.2, 0.25) is 0 Å². The van der Waals surface area contributed by atoms with Crippen molar-refractivity contribution < 1.29 is 5.11 Å². The molecule has 0 amide bonds. The van der Waals surface area contributed by atoms with Crippen LogP contribution in [0, 0.1) is 0 Å². The summed E-state index contributed by atoms with van der Waals surface area (Å²) in [5, 5.41) is 12.8. The summed E-state index contributed by atoms with van der Waals surface area (Å²) in [7, 11) is 0. The van der Waals surface area contributed by atoms with Gasteiger partial charge in [0.05, 0.1) is 10.9 Å². The minimum atomic E-state index is -0.640. The number of aliphatic hydroxyl groups excluding tert-OH is 1. The molecule has 18 heavy (non-hydrogen) atoms. The zero-order chi connectivity index (χ0) is 12.7. The van der Waals surface area contributed by atoms with Gasteiger partial charge in [-0.3, -0.25) is 4.99 Å². The minimum Gasteiger partial charge on any atom is -0.386 e. The van der Waals surface area contributed by atoms with Crippen LogP contribution in [0.5, 0.6) is 0 Å². The van der Waals surface area contributed by atoms with E-state index in [0.29, 0.717) is 10.3 Å². The van der Waals surface area contributed by atoms with Gasteiger partial charge in [-0.1, -0.05) is 24.9 Å². The number of aliphatic imine (C=N–C) groups is 1. The second kappa shape index (κ2) is 9.82. The molecule has 0 aromatic carbocycles. The van der Waals surface area contributed by atoms with E-state index in [0.717, 1.165) is 24.3 Å². The van der Waals surface area contributed by atoms with E-state index in [2.05, 4.69) is 17.2 Å². The molecular formula is C11H19ClIN3OS. The normalized spacial score (nSPS) is 12.9. The van der Waals surface area contributed by atoms with E-state index < -0.39 is 6.10 Å². The first-order valence-corrected chi connectivity index (χ1v) is 6.80. The third-order valence-corrected chi connectivity index (χ3v) is 3.53. The molecule has 0 spiro atoms. The predicted octanol–water partition coefficient (Wildman–Crippen LogP) is 2.76. The standard InChI is InChI=1S/C11H18ClN3OS.HI/c1-2-3-6-14-11(13)15-7-8(16)9-4-5-10(12)17-9;/h4-5,8,16H,2-3,6-7H2,1H3,(H3,13,14,15);1H. The van der Waals surface area contributed by atoms with E-state index >= 15 is 0 Å². The predicted molar refractivity (Wildman–Crippen MR) is 89.1 cm³/mol. The highest BCUT2D eigenvalue weighted by Gasteiger charge is 2.09. The summed E-state index contributed by atoms with van der Waals surface area (Å²) < 4.78 is 0.664. The number of nitrogens with zero attached hydrogens (tertiary/aromatic N) is 1. The van der Waals surface area contributed by atoms with Crippen molar-refractivity contribution in [1.82, 2.24) is 5.32 Å². The summed E-state index contributed by atoms with van der Waals surface area (Å²) in [6.07, 6.45) is 1.52. The molecule has 0 aliphatic heterocycles. The molecule has 0 fully saturated rings. The third-order valence-electron chi connectivity index (χ3n) is 2.19. The maximum Gasteiger partial charge on any atom is 0.188 e. The molecule has 0 aliphatic carbocycles. The van der Waals surface area contributed by atoms with E-state index in [1.54, 1.807) is 12.1 Å². The quantitative estimate of drug-likeness (QED) is 0.296. The zero-order valence-corrected chi connectivity index (χ0v) is 14.1. The number of thiophene rings is 1. The highest BCUT2D eigenvalue weighted by atomic mass is 127. The summed E-state index contributed by atoms with van der Waals surface area (Å²) in [6, 6.07) is 3.56. The molecule has 104 valence electrons. The monoisotopic (exact) mass is 403 g/mol. The number of unbranched alkanes of at least 4 members (excludes halogenated alkanes) is 1. The van der Waals surface area contributed by atoms with Crippen molar-refractivity contribution >= 4 is 52.9 Å². The van der Waals surface area contributed by atoms with Crippen LogP contribution in [0.2, 0.25) is 4.34 Å². The van der Waals surface area contributed by atoms with Gasteiger partial charge >= 0.3 is 0 Å². The first-order valence-electron chi connectivity index (χ1n) is 5.60. The van der Waals surface area contributed by atoms with E-state index in [9.17, 15) is 5.11 Å². The fourth-order valence-electron chi connectivity index (χ4n) is 1.23. The number of hydrogen-bond acceptors (Lipinski definition) is 3. The van der Waals surface area contributed by atoms with Crippen LogP contribution in [0.4, 0.5) is 0 Å². The first-order chi connectivity index (χ1) is 8.13. The van der Waals surface area contributed by atoms with Crippen molar-refractivity contribution in [2.45, 2.75) is 25.9 Å². The summed E-state index contributed by atoms with van der Waals surface area (Å²) in [5.74, 6) is 0.375. The van der Waals surface area contributed by atoms with Crippen LogP contribution in [0.15, 0.2) is 17.1 Å². The van der Waals surface area contributed by atoms with Crippen LogP contribution in [-0.2, 0) is 0 Å². The average Bonchev–Trinajstić information content (AvgIpc) is 2.73. The van der Waals surface area contributed by atoms with Crippen LogP contribution >= 0.6 is 46.9 Å². The van der Waals surface area contributed by atoms with Gasteiger partial charge in [0, 0.05) is 11.4 Å². The SMILES string of the molecule is CCCCNC(N)=NCC(O)c1ccc(Cl)s1.I. The molecule has 1 unspecified atom stereocenters. The van der Waals surface area contributed by atoms with Crippen molar-refractivity contribution in [2.75, 3.05) is 13.1 Å². The molecule has 0 radical (unpaired) electrons. The van der Waals surface area contributed by atoms with Crippen molar-refractivity contribution in [2.24, 2.45) is 10.7 Å². The largest absolute Gasteiger partial charge is 0.386 e. The van der Waals surface area contributed by atoms with Crippen LogP contribution < -0.4 is 11.1 Å². The molecule has 0 saturated heterocycles. The summed E-state index contributed by atoms with van der Waals surface area (Å²) in [4.78, 5) is 4.88. The fraction of sp³-hybridized carbons (Fsp3) is 0.545. The van der Waals surface area contributed by atoms with Crippen LogP contribution in [0.25, 0.3) is 0 Å². The Morgan fingerprint density at radius 3 is 2.89 bits per heavy atom. The maximum absolute atomic E-state index is 9.82. The van der Waals surface area contributed by atoms with Gasteiger partial charge < -0.3 is 16.2 Å². The lowest BCUT2D eigenvalue weighted by atomic mass is 10.3. The summed E-state index contributed by atoms with van der Waals surface area (Å²) >= 11 is 7.14. The van der Waals surface area contributed by atoms with Gasteiger partial charge in [-0.15, -0.1) is 35.3 Å². The lowest BCUT2D eigenvalue weighted by Gasteiger charge is -2.07. The molecule has 7 heteroatoms. The molecule has 0 saturated carbocycles. The maximum atomic E-state index is 9.82. The minimum absolute atomic E-state index is 0. The first kappa shape index (κ1) is 17.9. The number of rotatable bonds is 6. The number of nitrogens with two attached hydrogens (primary N) is 1. The highest BCUT2D eigenvalue weighted by Crippen LogP contribution is 2.26. The summed E-state index contributed by atoms with van der Waals surface area (Å²) in [6.45, 7) is 3.17. The van der Waals surface area contributed by atoms with Crippen molar-refractivity contribution in [3.05, 3.63) is 21.3 Å². The molecule has 1 heterocycles. The molecule has 0 bridgehead atoms. The lowest BCUT2D eigenvalue weighted by Crippen LogP contribution is -2.32. The molecule has 0 aliphatic rings. The second-order valence-corrected chi connectivity index (χ2v) is 5.41. The van der Waals surface area contributed by atoms with Crippen molar-refractivity contribution in [3.8, 4) is 0 Å². The van der Waals surface area contributed by atoms with E-state index in [1.807, 2.05) is 0 Å². The Hall–Kier alpha value is -0.0500. The Morgan fingerprint density at radius 1 is 1.61 bits per heavy atom. The molecule has 1 aromatic rings. The van der Waals surface area contributed by atoms with E-state index in [-0.39, 0.29) is 30.5 Å². The van der Waals surface area contributed by atoms with Gasteiger partial charge in [0.25, 0.3) is 0 Å².